The van der Waals surface area contributed by atoms with Gasteiger partial charge in [-0.3, -0.25) is 14.6 Å². The third kappa shape index (κ3) is 4.79. The highest BCUT2D eigenvalue weighted by Crippen LogP contribution is 2.14. The summed E-state index contributed by atoms with van der Waals surface area (Å²) >= 11 is 0. The maximum Gasteiger partial charge on any atom is 0.306 e. The molecule has 4 nitrogen and oxygen atoms in total. The summed E-state index contributed by atoms with van der Waals surface area (Å²) in [5, 5.41) is 1.07. The van der Waals surface area contributed by atoms with Gasteiger partial charge in [0, 0.05) is 23.1 Å². The molecule has 0 fully saturated rings. The largest absolute Gasteiger partial charge is 0.454 e. The molecule has 27 heavy (non-hydrogen) atoms. The van der Waals surface area contributed by atoms with E-state index in [0.717, 1.165) is 23.0 Å². The number of aryl methyl sites for hydroxylation is 2. The van der Waals surface area contributed by atoms with Gasteiger partial charge in [0.15, 0.2) is 6.10 Å². The molecular weight excluding hydrogens is 338 g/mol. The Hall–Kier alpha value is -3.01. The topological polar surface area (TPSA) is 56.3 Å². The summed E-state index contributed by atoms with van der Waals surface area (Å²) in [5.41, 5.74) is 3.46. The van der Waals surface area contributed by atoms with Crippen LogP contribution in [0.1, 0.15) is 41.9 Å². The zero-order valence-corrected chi connectivity index (χ0v) is 15.6. The van der Waals surface area contributed by atoms with E-state index < -0.39 is 12.1 Å². The van der Waals surface area contributed by atoms with E-state index in [1.165, 1.54) is 5.56 Å². The lowest BCUT2D eigenvalue weighted by molar-refractivity contribution is -0.146. The normalized spacial score (nSPS) is 11.9. The monoisotopic (exact) mass is 361 g/mol. The molecule has 0 amide bonds. The van der Waals surface area contributed by atoms with Crippen molar-refractivity contribution in [2.75, 3.05) is 0 Å². The molecule has 0 spiro atoms. The SMILES string of the molecule is CCc1ccc(C(=O)[C@@H](C)OC(=O)CCc2ccc3ccccc3n2)cc1. The van der Waals surface area contributed by atoms with Gasteiger partial charge in [0.25, 0.3) is 0 Å². The van der Waals surface area contributed by atoms with Crippen LogP contribution in [0, 0.1) is 0 Å². The van der Waals surface area contributed by atoms with Crippen molar-refractivity contribution in [3.05, 3.63) is 77.5 Å². The molecular formula is C23H23NO3. The molecule has 1 heterocycles. The van der Waals surface area contributed by atoms with Crippen molar-refractivity contribution >= 4 is 22.7 Å². The molecule has 0 bridgehead atoms. The van der Waals surface area contributed by atoms with Gasteiger partial charge in [-0.1, -0.05) is 55.5 Å². The molecule has 0 saturated heterocycles. The molecule has 0 N–H and O–H groups in total. The van der Waals surface area contributed by atoms with Crippen molar-refractivity contribution in [2.24, 2.45) is 0 Å². The number of carbonyl (C=O) groups excluding carboxylic acids is 2. The number of esters is 1. The molecule has 2 aromatic carbocycles. The zero-order chi connectivity index (χ0) is 19.2. The van der Waals surface area contributed by atoms with Crippen LogP contribution in [0.2, 0.25) is 0 Å². The molecule has 3 rings (SSSR count). The van der Waals surface area contributed by atoms with Gasteiger partial charge in [-0.2, -0.15) is 0 Å². The number of carbonyl (C=O) groups is 2. The van der Waals surface area contributed by atoms with Crippen LogP contribution >= 0.6 is 0 Å². The van der Waals surface area contributed by atoms with Crippen molar-refractivity contribution in [2.45, 2.75) is 39.2 Å². The molecule has 0 saturated carbocycles. The molecule has 1 atom stereocenters. The lowest BCUT2D eigenvalue weighted by Gasteiger charge is -2.12. The van der Waals surface area contributed by atoms with Crippen LogP contribution in [0.15, 0.2) is 60.7 Å². The summed E-state index contributed by atoms with van der Waals surface area (Å²) in [5.74, 6) is -0.578. The maximum atomic E-state index is 12.4. The molecule has 0 aliphatic heterocycles. The van der Waals surface area contributed by atoms with Crippen LogP contribution in [0.25, 0.3) is 10.9 Å². The Labute approximate surface area is 159 Å². The van der Waals surface area contributed by atoms with E-state index in [2.05, 4.69) is 11.9 Å². The molecule has 3 aromatic rings. The van der Waals surface area contributed by atoms with Crippen LogP contribution < -0.4 is 0 Å². The number of hydrogen-bond acceptors (Lipinski definition) is 4. The first-order valence-electron chi connectivity index (χ1n) is 9.24. The Kier molecular flexibility index (Phi) is 5.97. The van der Waals surface area contributed by atoms with Gasteiger partial charge in [0.1, 0.15) is 0 Å². The number of Topliss-reactive ketones (excluding diaryl/α,β-unsaturated/α-hetero) is 1. The fourth-order valence-electron chi connectivity index (χ4n) is 2.93. The number of aromatic nitrogens is 1. The number of benzene rings is 2. The second-order valence-electron chi connectivity index (χ2n) is 6.54. The number of fused-ring (bicyclic) bond motifs is 1. The minimum atomic E-state index is -0.797. The van der Waals surface area contributed by atoms with Crippen LogP contribution in [-0.2, 0) is 22.4 Å². The van der Waals surface area contributed by atoms with E-state index in [1.54, 1.807) is 19.1 Å². The minimum Gasteiger partial charge on any atom is -0.454 e. The summed E-state index contributed by atoms with van der Waals surface area (Å²) in [6.45, 7) is 3.67. The number of ketones is 1. The van der Waals surface area contributed by atoms with Crippen LogP contribution in [0.3, 0.4) is 0 Å². The Morgan fingerprint density at radius 3 is 2.48 bits per heavy atom. The Bertz CT molecular complexity index is 947. The quantitative estimate of drug-likeness (QED) is 0.458. The van der Waals surface area contributed by atoms with E-state index in [-0.39, 0.29) is 12.2 Å². The number of ether oxygens (including phenoxy) is 1. The maximum absolute atomic E-state index is 12.4. The summed E-state index contributed by atoms with van der Waals surface area (Å²) in [4.78, 5) is 29.1. The van der Waals surface area contributed by atoms with Crippen molar-refractivity contribution in [1.29, 1.82) is 0 Å². The van der Waals surface area contributed by atoms with Gasteiger partial charge in [-0.25, -0.2) is 0 Å². The lowest BCUT2D eigenvalue weighted by atomic mass is 10.0. The standard InChI is InChI=1S/C23H23NO3/c1-3-17-8-10-19(11-9-17)23(26)16(2)27-22(25)15-14-20-13-12-18-6-4-5-7-21(18)24-20/h4-13,16H,3,14-15H2,1-2H3/t16-/m1/s1. The highest BCUT2D eigenvalue weighted by molar-refractivity contribution is 6.00. The third-order valence-corrected chi connectivity index (χ3v) is 4.57. The number of pyridine rings is 1. The van der Waals surface area contributed by atoms with Crippen molar-refractivity contribution in [3.63, 3.8) is 0 Å². The number of hydrogen-bond donors (Lipinski definition) is 0. The van der Waals surface area contributed by atoms with Crippen molar-refractivity contribution in [3.8, 4) is 0 Å². The van der Waals surface area contributed by atoms with Gasteiger partial charge in [-0.05, 0) is 31.0 Å². The van der Waals surface area contributed by atoms with Crippen LogP contribution in [0.4, 0.5) is 0 Å². The third-order valence-electron chi connectivity index (χ3n) is 4.57. The van der Waals surface area contributed by atoms with Gasteiger partial charge in [0.05, 0.1) is 11.9 Å². The van der Waals surface area contributed by atoms with E-state index in [9.17, 15) is 9.59 Å². The van der Waals surface area contributed by atoms with E-state index >= 15 is 0 Å². The second kappa shape index (κ2) is 8.58. The zero-order valence-electron chi connectivity index (χ0n) is 15.6. The summed E-state index contributed by atoms with van der Waals surface area (Å²) in [6.07, 6.45) is 0.796. The summed E-state index contributed by atoms with van der Waals surface area (Å²) in [6, 6.07) is 19.2. The van der Waals surface area contributed by atoms with Crippen molar-refractivity contribution in [1.82, 2.24) is 4.98 Å². The average Bonchev–Trinajstić information content (AvgIpc) is 2.71. The fraction of sp³-hybridized carbons (Fsp3) is 0.261. The smallest absolute Gasteiger partial charge is 0.306 e. The fourth-order valence-corrected chi connectivity index (χ4v) is 2.93. The van der Waals surface area contributed by atoms with Gasteiger partial charge in [-0.15, -0.1) is 0 Å². The number of nitrogens with zero attached hydrogens (tertiary/aromatic N) is 1. The van der Waals surface area contributed by atoms with Gasteiger partial charge in [0.2, 0.25) is 5.78 Å². The second-order valence-corrected chi connectivity index (χ2v) is 6.54. The predicted molar refractivity (Wildman–Crippen MR) is 106 cm³/mol. The Morgan fingerprint density at radius 2 is 1.74 bits per heavy atom. The first-order valence-corrected chi connectivity index (χ1v) is 9.24. The van der Waals surface area contributed by atoms with Crippen molar-refractivity contribution < 1.29 is 14.3 Å². The van der Waals surface area contributed by atoms with E-state index in [0.29, 0.717) is 12.0 Å². The predicted octanol–water partition coefficient (Wildman–Crippen LogP) is 4.54. The first kappa shape index (κ1) is 18.8. The Morgan fingerprint density at radius 1 is 1.00 bits per heavy atom. The molecule has 0 radical (unpaired) electrons. The van der Waals surface area contributed by atoms with Crippen LogP contribution in [-0.4, -0.2) is 22.8 Å². The van der Waals surface area contributed by atoms with Crippen LogP contribution in [0.5, 0.6) is 0 Å². The molecule has 0 aliphatic carbocycles. The Balaban J connectivity index is 1.55. The summed E-state index contributed by atoms with van der Waals surface area (Å²) in [7, 11) is 0. The highest BCUT2D eigenvalue weighted by atomic mass is 16.5. The molecule has 1 aromatic heterocycles. The molecule has 0 aliphatic rings. The lowest BCUT2D eigenvalue weighted by Crippen LogP contribution is -2.24. The summed E-state index contributed by atoms with van der Waals surface area (Å²) < 4.78 is 5.32. The number of para-hydroxylation sites is 1. The number of rotatable bonds is 7. The first-order chi connectivity index (χ1) is 13.1. The minimum absolute atomic E-state index is 0.185. The van der Waals surface area contributed by atoms with E-state index in [1.807, 2.05) is 48.5 Å². The van der Waals surface area contributed by atoms with E-state index in [4.69, 9.17) is 4.74 Å². The van der Waals surface area contributed by atoms with Gasteiger partial charge >= 0.3 is 5.97 Å². The average molecular weight is 361 g/mol. The molecule has 138 valence electrons. The highest BCUT2D eigenvalue weighted by Gasteiger charge is 2.19. The van der Waals surface area contributed by atoms with Gasteiger partial charge < -0.3 is 4.74 Å². The molecule has 4 heteroatoms. The molecule has 0 unspecified atom stereocenters.